The summed E-state index contributed by atoms with van der Waals surface area (Å²) in [5, 5.41) is 2.92. The molecule has 0 saturated carbocycles. The van der Waals surface area contributed by atoms with Crippen LogP contribution in [-0.4, -0.2) is 38.8 Å². The SMILES string of the molecule is Cc1cccc(OCCNC(=O)CN2CCCOc3ccccc32)c1. The Hall–Kier alpha value is -2.69. The van der Waals surface area contributed by atoms with E-state index in [-0.39, 0.29) is 5.91 Å². The molecule has 0 aliphatic carbocycles. The molecule has 1 N–H and O–H groups in total. The Morgan fingerprint density at radius 1 is 1.24 bits per heavy atom. The van der Waals surface area contributed by atoms with Crippen LogP contribution in [0, 0.1) is 6.92 Å². The highest BCUT2D eigenvalue weighted by molar-refractivity contribution is 5.82. The number of rotatable bonds is 6. The van der Waals surface area contributed by atoms with Crippen molar-refractivity contribution in [2.75, 3.05) is 37.7 Å². The Labute approximate surface area is 148 Å². The molecule has 1 heterocycles. The van der Waals surface area contributed by atoms with Gasteiger partial charge in [0.25, 0.3) is 0 Å². The van der Waals surface area contributed by atoms with Crippen molar-refractivity contribution in [2.24, 2.45) is 0 Å². The standard InChI is InChI=1S/C20H24N2O3/c1-16-6-4-7-17(14-16)24-13-10-21-20(23)15-22-11-5-12-25-19-9-3-2-8-18(19)22/h2-4,6-9,14H,5,10-13,15H2,1H3,(H,21,23). The summed E-state index contributed by atoms with van der Waals surface area (Å²) < 4.78 is 11.4. The van der Waals surface area contributed by atoms with Crippen LogP contribution in [-0.2, 0) is 4.79 Å². The number of hydrogen-bond acceptors (Lipinski definition) is 4. The van der Waals surface area contributed by atoms with Gasteiger partial charge in [0.15, 0.2) is 0 Å². The Balaban J connectivity index is 1.46. The lowest BCUT2D eigenvalue weighted by atomic mass is 10.2. The van der Waals surface area contributed by atoms with E-state index in [0.29, 0.717) is 26.3 Å². The van der Waals surface area contributed by atoms with Crippen molar-refractivity contribution in [1.82, 2.24) is 5.32 Å². The lowest BCUT2D eigenvalue weighted by molar-refractivity contribution is -0.119. The number of hydrogen-bond donors (Lipinski definition) is 1. The number of aryl methyl sites for hydroxylation is 1. The van der Waals surface area contributed by atoms with Crippen LogP contribution in [0.2, 0.25) is 0 Å². The zero-order chi connectivity index (χ0) is 17.5. The molecule has 3 rings (SSSR count). The summed E-state index contributed by atoms with van der Waals surface area (Å²) in [4.78, 5) is 14.3. The second kappa shape index (κ2) is 8.42. The molecule has 2 aromatic rings. The molecule has 0 aromatic heterocycles. The molecular weight excluding hydrogens is 316 g/mol. The normalized spacial score (nSPS) is 13.4. The third kappa shape index (κ3) is 4.89. The number of carbonyl (C=O) groups excluding carboxylic acids is 1. The molecule has 0 fully saturated rings. The number of benzene rings is 2. The fourth-order valence-corrected chi connectivity index (χ4v) is 2.86. The minimum atomic E-state index is -0.00968. The van der Waals surface area contributed by atoms with Gasteiger partial charge in [-0.3, -0.25) is 4.79 Å². The molecule has 1 aliphatic rings. The predicted octanol–water partition coefficient (Wildman–Crippen LogP) is 2.78. The second-order valence-electron chi connectivity index (χ2n) is 6.11. The molecule has 132 valence electrons. The molecule has 0 radical (unpaired) electrons. The van der Waals surface area contributed by atoms with E-state index >= 15 is 0 Å². The van der Waals surface area contributed by atoms with E-state index in [1.807, 2.05) is 55.5 Å². The molecule has 0 bridgehead atoms. The Morgan fingerprint density at radius 3 is 3.00 bits per heavy atom. The van der Waals surface area contributed by atoms with Crippen LogP contribution in [0.5, 0.6) is 11.5 Å². The first-order valence-electron chi connectivity index (χ1n) is 8.65. The predicted molar refractivity (Wildman–Crippen MR) is 98.5 cm³/mol. The van der Waals surface area contributed by atoms with Gasteiger partial charge < -0.3 is 19.7 Å². The molecule has 5 nitrogen and oxygen atoms in total. The number of carbonyl (C=O) groups is 1. The Kier molecular flexibility index (Phi) is 5.77. The maximum absolute atomic E-state index is 12.2. The van der Waals surface area contributed by atoms with E-state index in [1.54, 1.807) is 0 Å². The molecule has 0 saturated heterocycles. The summed E-state index contributed by atoms with van der Waals surface area (Å²) in [6, 6.07) is 15.7. The summed E-state index contributed by atoms with van der Waals surface area (Å²) in [5.74, 6) is 1.66. The van der Waals surface area contributed by atoms with Crippen LogP contribution in [0.1, 0.15) is 12.0 Å². The third-order valence-corrected chi connectivity index (χ3v) is 4.05. The van der Waals surface area contributed by atoms with Gasteiger partial charge in [-0.2, -0.15) is 0 Å². The van der Waals surface area contributed by atoms with Gasteiger partial charge in [-0.1, -0.05) is 24.3 Å². The summed E-state index contributed by atoms with van der Waals surface area (Å²) in [6.07, 6.45) is 0.901. The van der Waals surface area contributed by atoms with Crippen LogP contribution >= 0.6 is 0 Å². The maximum Gasteiger partial charge on any atom is 0.239 e. The molecule has 0 atom stereocenters. The van der Waals surface area contributed by atoms with E-state index in [4.69, 9.17) is 9.47 Å². The van der Waals surface area contributed by atoms with Crippen molar-refractivity contribution < 1.29 is 14.3 Å². The van der Waals surface area contributed by atoms with Gasteiger partial charge in [0, 0.05) is 6.54 Å². The number of fused-ring (bicyclic) bond motifs is 1. The van der Waals surface area contributed by atoms with Gasteiger partial charge in [-0.15, -0.1) is 0 Å². The van der Waals surface area contributed by atoms with Crippen molar-refractivity contribution in [1.29, 1.82) is 0 Å². The highest BCUT2D eigenvalue weighted by atomic mass is 16.5. The van der Waals surface area contributed by atoms with Crippen LogP contribution < -0.4 is 19.7 Å². The lowest BCUT2D eigenvalue weighted by Crippen LogP contribution is -2.39. The van der Waals surface area contributed by atoms with Crippen molar-refractivity contribution in [3.8, 4) is 11.5 Å². The smallest absolute Gasteiger partial charge is 0.239 e. The minimum Gasteiger partial charge on any atom is -0.492 e. The second-order valence-corrected chi connectivity index (χ2v) is 6.11. The van der Waals surface area contributed by atoms with Gasteiger partial charge in [0.1, 0.15) is 18.1 Å². The Morgan fingerprint density at radius 2 is 2.12 bits per heavy atom. The van der Waals surface area contributed by atoms with Crippen LogP contribution in [0.15, 0.2) is 48.5 Å². The van der Waals surface area contributed by atoms with Crippen LogP contribution in [0.4, 0.5) is 5.69 Å². The van der Waals surface area contributed by atoms with Crippen molar-refractivity contribution in [3.63, 3.8) is 0 Å². The number of amides is 1. The number of anilines is 1. The lowest BCUT2D eigenvalue weighted by Gasteiger charge is -2.23. The number of nitrogens with one attached hydrogen (secondary N) is 1. The first-order chi connectivity index (χ1) is 12.2. The number of ether oxygens (including phenoxy) is 2. The molecule has 25 heavy (non-hydrogen) atoms. The quantitative estimate of drug-likeness (QED) is 0.822. The minimum absolute atomic E-state index is 0.00968. The molecule has 2 aromatic carbocycles. The fourth-order valence-electron chi connectivity index (χ4n) is 2.86. The zero-order valence-electron chi connectivity index (χ0n) is 14.5. The van der Waals surface area contributed by atoms with Crippen molar-refractivity contribution in [3.05, 3.63) is 54.1 Å². The molecule has 0 unspecified atom stereocenters. The Bertz CT molecular complexity index is 718. The van der Waals surface area contributed by atoms with Gasteiger partial charge in [-0.05, 0) is 43.2 Å². The zero-order valence-corrected chi connectivity index (χ0v) is 14.5. The monoisotopic (exact) mass is 340 g/mol. The summed E-state index contributed by atoms with van der Waals surface area (Å²) in [7, 11) is 0. The number of nitrogens with zero attached hydrogens (tertiary/aromatic N) is 1. The summed E-state index contributed by atoms with van der Waals surface area (Å²) in [5.41, 5.74) is 2.13. The van der Waals surface area contributed by atoms with Gasteiger partial charge >= 0.3 is 0 Å². The average Bonchev–Trinajstić information content (AvgIpc) is 2.81. The molecular formula is C20H24N2O3. The average molecular weight is 340 g/mol. The van der Waals surface area contributed by atoms with E-state index in [9.17, 15) is 4.79 Å². The van der Waals surface area contributed by atoms with Crippen LogP contribution in [0.25, 0.3) is 0 Å². The van der Waals surface area contributed by atoms with E-state index in [0.717, 1.165) is 35.7 Å². The van der Waals surface area contributed by atoms with Crippen molar-refractivity contribution >= 4 is 11.6 Å². The molecule has 5 heteroatoms. The largest absolute Gasteiger partial charge is 0.492 e. The van der Waals surface area contributed by atoms with Gasteiger partial charge in [0.2, 0.25) is 5.91 Å². The van der Waals surface area contributed by atoms with Crippen LogP contribution in [0.3, 0.4) is 0 Å². The highest BCUT2D eigenvalue weighted by Crippen LogP contribution is 2.30. The van der Waals surface area contributed by atoms with Gasteiger partial charge in [0.05, 0.1) is 25.4 Å². The topological polar surface area (TPSA) is 50.8 Å². The summed E-state index contributed by atoms with van der Waals surface area (Å²) in [6.45, 7) is 4.78. The van der Waals surface area contributed by atoms with E-state index in [1.165, 1.54) is 0 Å². The van der Waals surface area contributed by atoms with E-state index < -0.39 is 0 Å². The van der Waals surface area contributed by atoms with Gasteiger partial charge in [-0.25, -0.2) is 0 Å². The fraction of sp³-hybridized carbons (Fsp3) is 0.350. The first kappa shape index (κ1) is 17.1. The molecule has 1 amide bonds. The highest BCUT2D eigenvalue weighted by Gasteiger charge is 2.18. The number of para-hydroxylation sites is 2. The molecule has 1 aliphatic heterocycles. The summed E-state index contributed by atoms with van der Waals surface area (Å²) >= 11 is 0. The van der Waals surface area contributed by atoms with Crippen molar-refractivity contribution in [2.45, 2.75) is 13.3 Å². The first-order valence-corrected chi connectivity index (χ1v) is 8.65. The third-order valence-electron chi connectivity index (χ3n) is 4.05. The van der Waals surface area contributed by atoms with E-state index in [2.05, 4.69) is 10.2 Å². The maximum atomic E-state index is 12.2. The molecule has 0 spiro atoms.